The van der Waals surface area contributed by atoms with Crippen molar-refractivity contribution in [1.82, 2.24) is 0 Å². The molecule has 0 amide bonds. The number of rotatable bonds is 56. The Labute approximate surface area is 409 Å². The number of hydrogen-bond donors (Lipinski definition) is 2. The molecular weight excluding hydrogens is 846 g/mol. The van der Waals surface area contributed by atoms with E-state index in [0.717, 1.165) is 32.1 Å². The van der Waals surface area contributed by atoms with E-state index in [1.54, 1.807) is 0 Å². The molecule has 0 radical (unpaired) electrons. The van der Waals surface area contributed by atoms with Gasteiger partial charge in [-0.1, -0.05) is 290 Å². The van der Waals surface area contributed by atoms with Crippen LogP contribution in [-0.4, -0.2) is 49.3 Å². The van der Waals surface area contributed by atoms with Crippen molar-refractivity contribution in [2.75, 3.05) is 26.4 Å². The van der Waals surface area contributed by atoms with Crippen LogP contribution in [0, 0.1) is 0 Å². The van der Waals surface area contributed by atoms with Gasteiger partial charge in [-0.25, -0.2) is 4.57 Å². The molecule has 2 unspecified atom stereocenters. The lowest BCUT2D eigenvalue weighted by molar-refractivity contribution is -0.161. The molecule has 0 saturated heterocycles. The molecule has 0 aliphatic rings. The van der Waals surface area contributed by atoms with Crippen LogP contribution in [0.15, 0.2) is 0 Å². The molecule has 2 atom stereocenters. The fraction of sp³-hybridized carbons (Fsp3) is 0.964. The first-order chi connectivity index (χ1) is 32.3. The number of hydrogen-bond acceptors (Lipinski definition) is 8. The number of phosphoric ester groups is 1. The van der Waals surface area contributed by atoms with Gasteiger partial charge in [0.2, 0.25) is 0 Å². The number of esters is 2. The SMILES string of the molecule is CCCCCCCCCCCCCCCCCCCCCCCCCCCCCCCCC(=O)OC(COC(=O)CCCCCCCCCCCCCCCCC)COP(=O)(O)OCCN. The van der Waals surface area contributed by atoms with Gasteiger partial charge in [0, 0.05) is 19.4 Å². The van der Waals surface area contributed by atoms with Gasteiger partial charge in [-0.05, 0) is 12.8 Å². The van der Waals surface area contributed by atoms with Gasteiger partial charge in [-0.3, -0.25) is 18.6 Å². The Hall–Kier alpha value is -0.990. The third-order valence-corrected chi connectivity index (χ3v) is 14.2. The maximum atomic E-state index is 12.7. The summed E-state index contributed by atoms with van der Waals surface area (Å²) >= 11 is 0. The Balaban J connectivity index is 3.83. The summed E-state index contributed by atoms with van der Waals surface area (Å²) in [6.45, 7) is 3.81. The average molecular weight is 958 g/mol. The van der Waals surface area contributed by atoms with E-state index in [9.17, 15) is 19.0 Å². The third kappa shape index (κ3) is 52.4. The zero-order valence-electron chi connectivity index (χ0n) is 44.0. The Kier molecular flexibility index (Phi) is 52.6. The van der Waals surface area contributed by atoms with Crippen molar-refractivity contribution in [2.45, 2.75) is 322 Å². The number of carbonyl (C=O) groups excluding carboxylic acids is 2. The maximum absolute atomic E-state index is 12.7. The molecular formula is C56H112NO8P. The van der Waals surface area contributed by atoms with E-state index in [4.69, 9.17) is 24.3 Å². The molecule has 0 aromatic heterocycles. The molecule has 0 aliphatic carbocycles. The second kappa shape index (κ2) is 53.4. The molecule has 66 heavy (non-hydrogen) atoms. The summed E-state index contributed by atoms with van der Waals surface area (Å²) in [7, 11) is -4.38. The first-order valence-electron chi connectivity index (χ1n) is 29.0. The molecule has 9 nitrogen and oxygen atoms in total. The molecule has 3 N–H and O–H groups in total. The summed E-state index contributed by atoms with van der Waals surface area (Å²) in [6, 6.07) is 0. The van der Waals surface area contributed by atoms with Crippen molar-refractivity contribution >= 4 is 19.8 Å². The van der Waals surface area contributed by atoms with Crippen LogP contribution in [0.4, 0.5) is 0 Å². The minimum absolute atomic E-state index is 0.0585. The van der Waals surface area contributed by atoms with Gasteiger partial charge in [-0.15, -0.1) is 0 Å². The first-order valence-corrected chi connectivity index (χ1v) is 30.5. The highest BCUT2D eigenvalue weighted by molar-refractivity contribution is 7.47. The Morgan fingerprint density at radius 3 is 0.924 bits per heavy atom. The molecule has 10 heteroatoms. The summed E-state index contributed by atoms with van der Waals surface area (Å²) in [5, 5.41) is 0. The highest BCUT2D eigenvalue weighted by atomic mass is 31.2. The molecule has 0 rings (SSSR count). The van der Waals surface area contributed by atoms with Gasteiger partial charge in [-0.2, -0.15) is 0 Å². The molecule has 0 aromatic carbocycles. The second-order valence-corrected chi connectivity index (χ2v) is 21.3. The number of ether oxygens (including phenoxy) is 2. The van der Waals surface area contributed by atoms with Gasteiger partial charge in [0.15, 0.2) is 6.10 Å². The molecule has 0 heterocycles. The molecule has 0 spiro atoms. The number of phosphoric acid groups is 1. The van der Waals surface area contributed by atoms with Crippen LogP contribution in [0.5, 0.6) is 0 Å². The van der Waals surface area contributed by atoms with Crippen LogP contribution in [0.1, 0.15) is 316 Å². The van der Waals surface area contributed by atoms with Crippen molar-refractivity contribution < 1.29 is 37.6 Å². The average Bonchev–Trinajstić information content (AvgIpc) is 3.31. The van der Waals surface area contributed by atoms with Gasteiger partial charge in [0.05, 0.1) is 13.2 Å². The van der Waals surface area contributed by atoms with Crippen molar-refractivity contribution in [1.29, 1.82) is 0 Å². The first kappa shape index (κ1) is 65.0. The van der Waals surface area contributed by atoms with Gasteiger partial charge < -0.3 is 20.1 Å². The Bertz CT molecular complexity index is 1050. The molecule has 0 fully saturated rings. The van der Waals surface area contributed by atoms with E-state index in [1.807, 2.05) is 0 Å². The topological polar surface area (TPSA) is 134 Å². The van der Waals surface area contributed by atoms with Crippen LogP contribution in [0.2, 0.25) is 0 Å². The Morgan fingerprint density at radius 1 is 0.394 bits per heavy atom. The quantitative estimate of drug-likeness (QED) is 0.0347. The molecule has 0 aromatic rings. The Morgan fingerprint density at radius 2 is 0.652 bits per heavy atom. The monoisotopic (exact) mass is 958 g/mol. The largest absolute Gasteiger partial charge is 0.472 e. The van der Waals surface area contributed by atoms with Crippen LogP contribution in [0.3, 0.4) is 0 Å². The third-order valence-electron chi connectivity index (χ3n) is 13.2. The van der Waals surface area contributed by atoms with Gasteiger partial charge in [0.1, 0.15) is 6.61 Å². The summed E-state index contributed by atoms with van der Waals surface area (Å²) in [4.78, 5) is 35.1. The summed E-state index contributed by atoms with van der Waals surface area (Å²) in [5.41, 5.74) is 5.38. The van der Waals surface area contributed by atoms with Crippen LogP contribution in [0.25, 0.3) is 0 Å². The van der Waals surface area contributed by atoms with Crippen molar-refractivity contribution in [3.8, 4) is 0 Å². The minimum Gasteiger partial charge on any atom is -0.462 e. The van der Waals surface area contributed by atoms with E-state index in [1.165, 1.54) is 250 Å². The smallest absolute Gasteiger partial charge is 0.462 e. The lowest BCUT2D eigenvalue weighted by Crippen LogP contribution is -2.29. The predicted octanol–water partition coefficient (Wildman–Crippen LogP) is 17.9. The van der Waals surface area contributed by atoms with Crippen LogP contribution in [-0.2, 0) is 32.7 Å². The summed E-state index contributed by atoms with van der Waals surface area (Å²) in [6.07, 6.45) is 58.9. The zero-order chi connectivity index (χ0) is 48.1. The zero-order valence-corrected chi connectivity index (χ0v) is 44.9. The molecule has 0 aliphatic heterocycles. The van der Waals surface area contributed by atoms with Crippen LogP contribution < -0.4 is 5.73 Å². The number of unbranched alkanes of at least 4 members (excludes halogenated alkanes) is 43. The standard InChI is InChI=1S/C56H112NO8P/c1-3-5-7-9-11-13-15-17-19-20-21-22-23-24-25-26-27-28-29-30-31-32-33-35-37-39-41-43-45-47-49-56(59)65-54(53-64-66(60,61)63-51-50-57)52-62-55(58)48-46-44-42-40-38-36-34-18-16-14-12-10-8-6-4-2/h54H,3-53,57H2,1-2H3,(H,60,61). The van der Waals surface area contributed by atoms with E-state index in [0.29, 0.717) is 6.42 Å². The van der Waals surface area contributed by atoms with E-state index in [2.05, 4.69) is 13.8 Å². The summed E-state index contributed by atoms with van der Waals surface area (Å²) < 4.78 is 33.0. The van der Waals surface area contributed by atoms with Crippen LogP contribution >= 0.6 is 7.82 Å². The minimum atomic E-state index is -4.38. The molecule has 394 valence electrons. The normalized spacial score (nSPS) is 13.0. The number of nitrogens with two attached hydrogens (primary N) is 1. The van der Waals surface area contributed by atoms with E-state index < -0.39 is 26.5 Å². The number of carbonyl (C=O) groups is 2. The molecule has 0 bridgehead atoms. The van der Waals surface area contributed by atoms with E-state index >= 15 is 0 Å². The van der Waals surface area contributed by atoms with Crippen molar-refractivity contribution in [3.63, 3.8) is 0 Å². The highest BCUT2D eigenvalue weighted by Crippen LogP contribution is 2.43. The lowest BCUT2D eigenvalue weighted by atomic mass is 10.0. The van der Waals surface area contributed by atoms with Crippen molar-refractivity contribution in [2.24, 2.45) is 5.73 Å². The second-order valence-electron chi connectivity index (χ2n) is 19.9. The van der Waals surface area contributed by atoms with Crippen molar-refractivity contribution in [3.05, 3.63) is 0 Å². The van der Waals surface area contributed by atoms with Gasteiger partial charge >= 0.3 is 19.8 Å². The maximum Gasteiger partial charge on any atom is 0.472 e. The predicted molar refractivity (Wildman–Crippen MR) is 280 cm³/mol. The lowest BCUT2D eigenvalue weighted by Gasteiger charge is -2.19. The molecule has 0 saturated carbocycles. The van der Waals surface area contributed by atoms with Gasteiger partial charge in [0.25, 0.3) is 0 Å². The highest BCUT2D eigenvalue weighted by Gasteiger charge is 2.26. The fourth-order valence-corrected chi connectivity index (χ4v) is 9.70. The summed E-state index contributed by atoms with van der Waals surface area (Å²) in [5.74, 6) is -0.804. The fourth-order valence-electron chi connectivity index (χ4n) is 8.93. The van der Waals surface area contributed by atoms with E-state index in [-0.39, 0.29) is 38.6 Å².